The summed E-state index contributed by atoms with van der Waals surface area (Å²) in [6, 6.07) is 3.97. The van der Waals surface area contributed by atoms with Gasteiger partial charge in [0, 0.05) is 17.0 Å². The largest absolute Gasteiger partial charge is 0.458 e. The van der Waals surface area contributed by atoms with Crippen LogP contribution in [0.15, 0.2) is 29.6 Å². The van der Waals surface area contributed by atoms with Crippen molar-refractivity contribution in [1.82, 2.24) is 0 Å². The summed E-state index contributed by atoms with van der Waals surface area (Å²) in [6.07, 6.45) is 3.08. The van der Waals surface area contributed by atoms with Crippen LogP contribution in [0.1, 0.15) is 0 Å². The van der Waals surface area contributed by atoms with Crippen molar-refractivity contribution in [3.8, 4) is 11.5 Å². The third-order valence-electron chi connectivity index (χ3n) is 1.98. The second-order valence-corrected chi connectivity index (χ2v) is 3.79. The van der Waals surface area contributed by atoms with Crippen LogP contribution in [0.3, 0.4) is 0 Å². The Balaban J connectivity index is 2.14. The molecule has 0 bridgehead atoms. The minimum atomic E-state index is 0.774. The van der Waals surface area contributed by atoms with E-state index in [0.29, 0.717) is 0 Å². The van der Waals surface area contributed by atoms with Gasteiger partial charge in [0.1, 0.15) is 12.5 Å². The standard InChI is InChI=1S/C9H7NO2S/c1-2-12-8-4-9-6(10-5-13-9)3-7(8)11-1/h1-4,10H,5H2. The van der Waals surface area contributed by atoms with Crippen molar-refractivity contribution < 1.29 is 9.47 Å². The molecule has 3 nitrogen and oxygen atoms in total. The van der Waals surface area contributed by atoms with E-state index in [1.807, 2.05) is 12.1 Å². The Kier molecular flexibility index (Phi) is 1.43. The van der Waals surface area contributed by atoms with Crippen LogP contribution >= 0.6 is 11.8 Å². The zero-order valence-corrected chi connectivity index (χ0v) is 7.56. The first-order valence-electron chi connectivity index (χ1n) is 3.96. The molecule has 0 fully saturated rings. The summed E-state index contributed by atoms with van der Waals surface area (Å²) in [5.74, 6) is 2.49. The third-order valence-corrected chi connectivity index (χ3v) is 2.92. The van der Waals surface area contributed by atoms with Crippen molar-refractivity contribution in [3.63, 3.8) is 0 Å². The Morgan fingerprint density at radius 1 is 1.15 bits per heavy atom. The fourth-order valence-electron chi connectivity index (χ4n) is 1.38. The molecular weight excluding hydrogens is 186 g/mol. The van der Waals surface area contributed by atoms with Gasteiger partial charge in [0.15, 0.2) is 11.5 Å². The number of hydrogen-bond acceptors (Lipinski definition) is 4. The second kappa shape index (κ2) is 2.60. The predicted molar refractivity (Wildman–Crippen MR) is 51.2 cm³/mol. The van der Waals surface area contributed by atoms with E-state index >= 15 is 0 Å². The highest BCUT2D eigenvalue weighted by atomic mass is 32.2. The summed E-state index contributed by atoms with van der Waals surface area (Å²) in [5.41, 5.74) is 1.13. The highest BCUT2D eigenvalue weighted by Gasteiger charge is 2.17. The van der Waals surface area contributed by atoms with Gasteiger partial charge in [-0.1, -0.05) is 0 Å². The highest BCUT2D eigenvalue weighted by Crippen LogP contribution is 2.42. The smallest absolute Gasteiger partial charge is 0.171 e. The van der Waals surface area contributed by atoms with E-state index in [-0.39, 0.29) is 0 Å². The molecule has 66 valence electrons. The molecule has 2 aliphatic heterocycles. The van der Waals surface area contributed by atoms with E-state index in [9.17, 15) is 0 Å². The normalized spacial score (nSPS) is 16.6. The molecule has 1 aromatic carbocycles. The number of rotatable bonds is 0. The first-order valence-corrected chi connectivity index (χ1v) is 4.95. The molecule has 0 aromatic heterocycles. The molecule has 0 spiro atoms. The van der Waals surface area contributed by atoms with Gasteiger partial charge in [-0.15, -0.1) is 11.8 Å². The van der Waals surface area contributed by atoms with Gasteiger partial charge in [0.2, 0.25) is 0 Å². The molecule has 0 atom stereocenters. The molecule has 0 amide bonds. The maximum Gasteiger partial charge on any atom is 0.171 e. The number of ether oxygens (including phenoxy) is 2. The van der Waals surface area contributed by atoms with E-state index < -0.39 is 0 Å². The van der Waals surface area contributed by atoms with Crippen LogP contribution < -0.4 is 14.8 Å². The van der Waals surface area contributed by atoms with Crippen molar-refractivity contribution in [2.75, 3.05) is 11.2 Å². The molecule has 2 aliphatic rings. The average Bonchev–Trinajstić information content (AvgIpc) is 2.61. The molecule has 2 heterocycles. The van der Waals surface area contributed by atoms with Crippen molar-refractivity contribution >= 4 is 17.4 Å². The Bertz CT molecular complexity index is 354. The van der Waals surface area contributed by atoms with E-state index in [4.69, 9.17) is 9.47 Å². The molecule has 3 rings (SSSR count). The number of fused-ring (bicyclic) bond motifs is 2. The van der Waals surface area contributed by atoms with Crippen LogP contribution in [0.4, 0.5) is 5.69 Å². The molecule has 4 heteroatoms. The fraction of sp³-hybridized carbons (Fsp3) is 0.111. The molecule has 0 saturated carbocycles. The molecule has 1 N–H and O–H groups in total. The number of nitrogens with one attached hydrogen (secondary N) is 1. The van der Waals surface area contributed by atoms with Gasteiger partial charge in [0.05, 0.1) is 11.6 Å². The highest BCUT2D eigenvalue weighted by molar-refractivity contribution is 7.99. The monoisotopic (exact) mass is 193 g/mol. The van der Waals surface area contributed by atoms with Gasteiger partial charge in [-0.3, -0.25) is 0 Å². The zero-order chi connectivity index (χ0) is 8.67. The quantitative estimate of drug-likeness (QED) is 0.685. The Morgan fingerprint density at radius 3 is 2.77 bits per heavy atom. The maximum absolute atomic E-state index is 5.30. The summed E-state index contributed by atoms with van der Waals surface area (Å²) in [7, 11) is 0. The van der Waals surface area contributed by atoms with E-state index in [1.165, 1.54) is 11.2 Å². The zero-order valence-electron chi connectivity index (χ0n) is 6.74. The first-order chi connectivity index (χ1) is 6.43. The Labute approximate surface area is 79.7 Å². The number of hydrogen-bond donors (Lipinski definition) is 1. The van der Waals surface area contributed by atoms with Gasteiger partial charge < -0.3 is 14.8 Å². The fourth-order valence-corrected chi connectivity index (χ4v) is 2.24. The SMILES string of the molecule is C1=COc2cc3c(cc2O1)NCS3. The maximum atomic E-state index is 5.30. The van der Waals surface area contributed by atoms with Gasteiger partial charge in [-0.25, -0.2) is 0 Å². The lowest BCUT2D eigenvalue weighted by Gasteiger charge is -2.13. The van der Waals surface area contributed by atoms with Gasteiger partial charge in [-0.2, -0.15) is 0 Å². The summed E-state index contributed by atoms with van der Waals surface area (Å²) in [6.45, 7) is 0. The van der Waals surface area contributed by atoms with Crippen molar-refractivity contribution in [1.29, 1.82) is 0 Å². The van der Waals surface area contributed by atoms with Gasteiger partial charge in [0.25, 0.3) is 0 Å². The minimum Gasteiger partial charge on any atom is -0.458 e. The molecule has 0 radical (unpaired) electrons. The average molecular weight is 193 g/mol. The topological polar surface area (TPSA) is 30.5 Å². The first kappa shape index (κ1) is 7.15. The summed E-state index contributed by atoms with van der Waals surface area (Å²) in [5, 5.41) is 3.25. The van der Waals surface area contributed by atoms with Crippen molar-refractivity contribution in [2.24, 2.45) is 0 Å². The van der Waals surface area contributed by atoms with Gasteiger partial charge >= 0.3 is 0 Å². The summed E-state index contributed by atoms with van der Waals surface area (Å²) >= 11 is 1.77. The van der Waals surface area contributed by atoms with Crippen LogP contribution in [0.2, 0.25) is 0 Å². The van der Waals surface area contributed by atoms with Crippen molar-refractivity contribution in [2.45, 2.75) is 4.90 Å². The molecule has 0 saturated heterocycles. The summed E-state index contributed by atoms with van der Waals surface area (Å²) < 4.78 is 10.6. The third kappa shape index (κ3) is 1.06. The molecule has 0 unspecified atom stereocenters. The van der Waals surface area contributed by atoms with Crippen LogP contribution in [0, 0.1) is 0 Å². The molecule has 1 aromatic rings. The Morgan fingerprint density at radius 2 is 1.92 bits per heavy atom. The second-order valence-electron chi connectivity index (χ2n) is 2.77. The molecule has 13 heavy (non-hydrogen) atoms. The van der Waals surface area contributed by atoms with Gasteiger partial charge in [-0.05, 0) is 0 Å². The number of anilines is 1. The van der Waals surface area contributed by atoms with Crippen LogP contribution in [0.5, 0.6) is 11.5 Å². The lowest BCUT2D eigenvalue weighted by molar-refractivity contribution is 0.361. The van der Waals surface area contributed by atoms with Crippen LogP contribution in [0.25, 0.3) is 0 Å². The summed E-state index contributed by atoms with van der Waals surface area (Å²) in [4.78, 5) is 1.22. The van der Waals surface area contributed by atoms with Crippen LogP contribution in [-0.4, -0.2) is 5.88 Å². The lowest BCUT2D eigenvalue weighted by Crippen LogP contribution is -1.97. The molecular formula is C9H7NO2S. The minimum absolute atomic E-state index is 0.774. The Hall–Kier alpha value is -1.29. The lowest BCUT2D eigenvalue weighted by atomic mass is 10.2. The van der Waals surface area contributed by atoms with E-state index in [1.54, 1.807) is 18.0 Å². The number of benzene rings is 1. The molecule has 0 aliphatic carbocycles. The van der Waals surface area contributed by atoms with E-state index in [2.05, 4.69) is 5.32 Å². The van der Waals surface area contributed by atoms with E-state index in [0.717, 1.165) is 23.1 Å². The van der Waals surface area contributed by atoms with Crippen molar-refractivity contribution in [3.05, 3.63) is 24.7 Å². The number of thioether (sulfide) groups is 1. The predicted octanol–water partition coefficient (Wildman–Crippen LogP) is 2.40. The van der Waals surface area contributed by atoms with Crippen LogP contribution in [-0.2, 0) is 0 Å².